The van der Waals surface area contributed by atoms with Crippen LogP contribution in [0.4, 0.5) is 11.5 Å². The van der Waals surface area contributed by atoms with E-state index in [0.29, 0.717) is 0 Å². The van der Waals surface area contributed by atoms with Crippen LogP contribution in [0.2, 0.25) is 0 Å². The van der Waals surface area contributed by atoms with Crippen LogP contribution in [0, 0.1) is 0 Å². The Morgan fingerprint density at radius 2 is 1.83 bits per heavy atom. The van der Waals surface area contributed by atoms with Crippen molar-refractivity contribution in [2.45, 2.75) is 6.42 Å². The number of phenols is 1. The van der Waals surface area contributed by atoms with Crippen LogP contribution in [0.15, 0.2) is 48.5 Å². The Kier molecular flexibility index (Phi) is 5.95. The number of benzene rings is 2. The molecule has 1 heterocycles. The van der Waals surface area contributed by atoms with Crippen molar-refractivity contribution in [3.63, 3.8) is 0 Å². The highest BCUT2D eigenvalue weighted by Gasteiger charge is 2.08. The van der Waals surface area contributed by atoms with Crippen LogP contribution in [0.5, 0.6) is 5.75 Å². The number of phenolic OH excluding ortho intramolecular Hbond substituents is 1. The van der Waals surface area contributed by atoms with Crippen molar-refractivity contribution < 1.29 is 5.11 Å². The van der Waals surface area contributed by atoms with Crippen molar-refractivity contribution in [3.8, 4) is 5.75 Å². The van der Waals surface area contributed by atoms with Crippen LogP contribution >= 0.6 is 12.4 Å². The van der Waals surface area contributed by atoms with Gasteiger partial charge in [0.15, 0.2) is 0 Å². The van der Waals surface area contributed by atoms with Crippen LogP contribution in [-0.2, 0) is 6.42 Å². The maximum absolute atomic E-state index is 9.63. The first-order chi connectivity index (χ1) is 11.1. The van der Waals surface area contributed by atoms with Gasteiger partial charge in [0.25, 0.3) is 0 Å². The van der Waals surface area contributed by atoms with Gasteiger partial charge in [0.05, 0.1) is 5.52 Å². The summed E-state index contributed by atoms with van der Waals surface area (Å²) in [6.07, 6.45) is 0.784. The molecule has 0 saturated carbocycles. The topological polar surface area (TPSA) is 61.3 Å². The SMILES string of the molecule is CN(C)CCc1nc(Nc2cccc(O)c2)c2ccccc2n1.Cl. The van der Waals surface area contributed by atoms with E-state index in [4.69, 9.17) is 0 Å². The Bertz CT molecular complexity index is 823. The van der Waals surface area contributed by atoms with E-state index in [1.54, 1.807) is 18.2 Å². The van der Waals surface area contributed by atoms with Crippen LogP contribution < -0.4 is 5.32 Å². The summed E-state index contributed by atoms with van der Waals surface area (Å²) in [5, 5.41) is 13.9. The minimum Gasteiger partial charge on any atom is -0.508 e. The van der Waals surface area contributed by atoms with Gasteiger partial charge in [0, 0.05) is 30.1 Å². The molecule has 0 atom stereocenters. The Labute approximate surface area is 147 Å². The van der Waals surface area contributed by atoms with E-state index in [1.165, 1.54) is 0 Å². The van der Waals surface area contributed by atoms with E-state index < -0.39 is 0 Å². The standard InChI is InChI=1S/C18H20N4O.ClH/c1-22(2)11-10-17-20-16-9-4-3-8-15(16)18(21-17)19-13-6-5-7-14(23)12-13;/h3-9,12,23H,10-11H2,1-2H3,(H,19,20,21);1H. The van der Waals surface area contributed by atoms with Crippen LogP contribution in [-0.4, -0.2) is 40.6 Å². The molecule has 126 valence electrons. The summed E-state index contributed by atoms with van der Waals surface area (Å²) in [6, 6.07) is 15.0. The van der Waals surface area contributed by atoms with Gasteiger partial charge in [-0.05, 0) is 38.4 Å². The molecule has 0 saturated heterocycles. The number of nitrogens with one attached hydrogen (secondary N) is 1. The molecule has 6 heteroatoms. The molecule has 3 aromatic rings. The molecular formula is C18H21ClN4O. The largest absolute Gasteiger partial charge is 0.508 e. The van der Waals surface area contributed by atoms with Gasteiger partial charge >= 0.3 is 0 Å². The zero-order chi connectivity index (χ0) is 16.2. The molecule has 5 nitrogen and oxygen atoms in total. The molecule has 0 amide bonds. The maximum atomic E-state index is 9.63. The van der Waals surface area contributed by atoms with E-state index in [1.807, 2.05) is 44.4 Å². The van der Waals surface area contributed by atoms with E-state index in [9.17, 15) is 5.11 Å². The molecule has 2 aromatic carbocycles. The minimum absolute atomic E-state index is 0. The Balaban J connectivity index is 0.00000208. The molecule has 0 aliphatic heterocycles. The van der Waals surface area contributed by atoms with Crippen molar-refractivity contribution in [1.29, 1.82) is 0 Å². The first-order valence-corrected chi connectivity index (χ1v) is 7.58. The normalized spacial score (nSPS) is 10.6. The van der Waals surface area contributed by atoms with Gasteiger partial charge in [0.2, 0.25) is 0 Å². The smallest absolute Gasteiger partial charge is 0.142 e. The second-order valence-electron chi connectivity index (χ2n) is 5.73. The lowest BCUT2D eigenvalue weighted by atomic mass is 10.2. The predicted octanol–water partition coefficient (Wildman–Crippen LogP) is 3.60. The number of hydrogen-bond donors (Lipinski definition) is 2. The second-order valence-corrected chi connectivity index (χ2v) is 5.73. The third-order valence-corrected chi connectivity index (χ3v) is 3.54. The molecule has 0 bridgehead atoms. The third kappa shape index (κ3) is 4.34. The monoisotopic (exact) mass is 344 g/mol. The summed E-state index contributed by atoms with van der Waals surface area (Å²) in [5.41, 5.74) is 1.71. The quantitative estimate of drug-likeness (QED) is 0.740. The number of aromatic hydroxyl groups is 1. The van der Waals surface area contributed by atoms with Gasteiger partial charge in [-0.1, -0.05) is 18.2 Å². The van der Waals surface area contributed by atoms with Crippen molar-refractivity contribution in [1.82, 2.24) is 14.9 Å². The molecule has 1 aromatic heterocycles. The fraction of sp³-hybridized carbons (Fsp3) is 0.222. The van der Waals surface area contributed by atoms with Crippen LogP contribution in [0.3, 0.4) is 0 Å². The molecule has 0 aliphatic rings. The number of para-hydroxylation sites is 1. The lowest BCUT2D eigenvalue weighted by Gasteiger charge is -2.12. The highest BCUT2D eigenvalue weighted by atomic mass is 35.5. The summed E-state index contributed by atoms with van der Waals surface area (Å²) < 4.78 is 0. The number of anilines is 2. The number of fused-ring (bicyclic) bond motifs is 1. The highest BCUT2D eigenvalue weighted by Crippen LogP contribution is 2.25. The summed E-state index contributed by atoms with van der Waals surface area (Å²) >= 11 is 0. The number of nitrogens with zero attached hydrogens (tertiary/aromatic N) is 3. The van der Waals surface area contributed by atoms with E-state index in [-0.39, 0.29) is 18.2 Å². The number of hydrogen-bond acceptors (Lipinski definition) is 5. The number of rotatable bonds is 5. The van der Waals surface area contributed by atoms with Gasteiger partial charge in [0.1, 0.15) is 17.4 Å². The highest BCUT2D eigenvalue weighted by molar-refractivity contribution is 5.90. The van der Waals surface area contributed by atoms with Crippen molar-refractivity contribution in [2.75, 3.05) is 26.0 Å². The molecule has 2 N–H and O–H groups in total. The molecule has 0 fully saturated rings. The molecular weight excluding hydrogens is 324 g/mol. The maximum Gasteiger partial charge on any atom is 0.142 e. The second kappa shape index (κ2) is 7.95. The predicted molar refractivity (Wildman–Crippen MR) is 100 cm³/mol. The molecule has 3 rings (SSSR count). The molecule has 0 radical (unpaired) electrons. The number of likely N-dealkylation sites (N-methyl/N-ethyl adjacent to an activating group) is 1. The molecule has 0 unspecified atom stereocenters. The molecule has 0 spiro atoms. The van der Waals surface area contributed by atoms with Crippen LogP contribution in [0.1, 0.15) is 5.82 Å². The van der Waals surface area contributed by atoms with Gasteiger partial charge in [-0.2, -0.15) is 0 Å². The van der Waals surface area contributed by atoms with Crippen molar-refractivity contribution in [3.05, 3.63) is 54.4 Å². The van der Waals surface area contributed by atoms with Crippen molar-refractivity contribution in [2.24, 2.45) is 0 Å². The first kappa shape index (κ1) is 18.0. The third-order valence-electron chi connectivity index (χ3n) is 3.54. The summed E-state index contributed by atoms with van der Waals surface area (Å²) in [5.74, 6) is 1.79. The number of aromatic nitrogens is 2. The Hall–Kier alpha value is -2.37. The van der Waals surface area contributed by atoms with Crippen molar-refractivity contribution >= 4 is 34.8 Å². The van der Waals surface area contributed by atoms with Gasteiger partial charge in [-0.25, -0.2) is 9.97 Å². The zero-order valence-electron chi connectivity index (χ0n) is 13.7. The lowest BCUT2D eigenvalue weighted by Crippen LogP contribution is -2.16. The van der Waals surface area contributed by atoms with Gasteiger partial charge in [-0.3, -0.25) is 0 Å². The summed E-state index contributed by atoms with van der Waals surface area (Å²) in [6.45, 7) is 0.893. The minimum atomic E-state index is 0. The zero-order valence-corrected chi connectivity index (χ0v) is 14.5. The molecule has 24 heavy (non-hydrogen) atoms. The number of halogens is 1. The van der Waals surface area contributed by atoms with Crippen LogP contribution in [0.25, 0.3) is 10.9 Å². The summed E-state index contributed by atoms with van der Waals surface area (Å²) in [4.78, 5) is 11.4. The Morgan fingerprint density at radius 1 is 1.04 bits per heavy atom. The average Bonchev–Trinajstić information content (AvgIpc) is 2.53. The fourth-order valence-corrected chi connectivity index (χ4v) is 2.38. The van der Waals surface area contributed by atoms with E-state index in [2.05, 4.69) is 20.2 Å². The fourth-order valence-electron chi connectivity index (χ4n) is 2.38. The Morgan fingerprint density at radius 3 is 2.58 bits per heavy atom. The van der Waals surface area contributed by atoms with E-state index >= 15 is 0 Å². The lowest BCUT2D eigenvalue weighted by molar-refractivity contribution is 0.410. The van der Waals surface area contributed by atoms with Gasteiger partial charge < -0.3 is 15.3 Å². The average molecular weight is 345 g/mol. The molecule has 0 aliphatic carbocycles. The van der Waals surface area contributed by atoms with Gasteiger partial charge in [-0.15, -0.1) is 12.4 Å². The summed E-state index contributed by atoms with van der Waals surface area (Å²) in [7, 11) is 4.07. The first-order valence-electron chi connectivity index (χ1n) is 7.58. The van der Waals surface area contributed by atoms with E-state index in [0.717, 1.165) is 41.2 Å².